The van der Waals surface area contributed by atoms with Crippen molar-refractivity contribution in [1.29, 1.82) is 0 Å². The van der Waals surface area contributed by atoms with Gasteiger partial charge in [-0.2, -0.15) is 0 Å². The Morgan fingerprint density at radius 2 is 2.00 bits per heavy atom. The molecular weight excluding hydrogens is 244 g/mol. The van der Waals surface area contributed by atoms with E-state index in [1.54, 1.807) is 12.1 Å². The van der Waals surface area contributed by atoms with Gasteiger partial charge in [-0.15, -0.1) is 0 Å². The van der Waals surface area contributed by atoms with Gasteiger partial charge in [0.25, 0.3) is 5.91 Å². The van der Waals surface area contributed by atoms with Crippen LogP contribution in [0.3, 0.4) is 0 Å². The third-order valence-corrected chi connectivity index (χ3v) is 2.87. The molecule has 0 aliphatic rings. The Morgan fingerprint density at radius 3 is 2.47 bits per heavy atom. The van der Waals surface area contributed by atoms with Gasteiger partial charge in [0.2, 0.25) is 0 Å². The van der Waals surface area contributed by atoms with Crippen LogP contribution in [0.2, 0.25) is 0 Å². The second-order valence-corrected chi connectivity index (χ2v) is 4.81. The van der Waals surface area contributed by atoms with Crippen LogP contribution >= 0.6 is 0 Å². The van der Waals surface area contributed by atoms with Crippen molar-refractivity contribution in [3.05, 3.63) is 29.8 Å². The maximum atomic E-state index is 10.6. The Hall–Kier alpha value is -1.59. The predicted octanol–water partition coefficient (Wildman–Crippen LogP) is 0.657. The number of hydrogen-bond donors (Lipinski definition) is 3. The molecule has 106 valence electrons. The maximum absolute atomic E-state index is 10.6. The number of ether oxygens (including phenoxy) is 1. The molecule has 0 aromatic heterocycles. The summed E-state index contributed by atoms with van der Waals surface area (Å²) in [6.45, 7) is 4.82. The zero-order valence-electron chi connectivity index (χ0n) is 11.4. The maximum Gasteiger partial charge on any atom is 0.255 e. The first kappa shape index (κ1) is 15.5. The third kappa shape index (κ3) is 5.72. The van der Waals surface area contributed by atoms with E-state index in [-0.39, 0.29) is 19.3 Å². The number of carbonyl (C=O) groups excluding carboxylic acids is 1. The molecule has 1 atom stereocenters. The molecule has 0 bridgehead atoms. The summed E-state index contributed by atoms with van der Waals surface area (Å²) in [6.07, 6.45) is 0. The van der Waals surface area contributed by atoms with Gasteiger partial charge in [0.1, 0.15) is 5.75 Å². The topological polar surface area (TPSA) is 84.6 Å². The lowest BCUT2D eigenvalue weighted by atomic mass is 10.1. The molecule has 0 radical (unpaired) electrons. The molecule has 0 saturated heterocycles. The second-order valence-electron chi connectivity index (χ2n) is 4.81. The van der Waals surface area contributed by atoms with Gasteiger partial charge in [-0.05, 0) is 23.6 Å². The zero-order chi connectivity index (χ0) is 14.3. The smallest absolute Gasteiger partial charge is 0.255 e. The van der Waals surface area contributed by atoms with Crippen molar-refractivity contribution in [2.45, 2.75) is 26.4 Å². The lowest BCUT2D eigenvalue weighted by Crippen LogP contribution is -2.36. The highest BCUT2D eigenvalue weighted by atomic mass is 16.5. The van der Waals surface area contributed by atoms with E-state index in [0.29, 0.717) is 18.2 Å². The van der Waals surface area contributed by atoms with Crippen LogP contribution in [0, 0.1) is 5.92 Å². The van der Waals surface area contributed by atoms with E-state index in [9.17, 15) is 9.90 Å². The largest absolute Gasteiger partial charge is 0.484 e. The van der Waals surface area contributed by atoms with Crippen molar-refractivity contribution in [1.82, 2.24) is 5.32 Å². The number of benzene rings is 1. The van der Waals surface area contributed by atoms with Gasteiger partial charge in [-0.1, -0.05) is 26.0 Å². The molecule has 1 aromatic carbocycles. The normalized spacial score (nSPS) is 12.4. The van der Waals surface area contributed by atoms with E-state index in [1.807, 2.05) is 12.1 Å². The first-order valence-corrected chi connectivity index (χ1v) is 6.37. The average molecular weight is 266 g/mol. The molecule has 0 saturated carbocycles. The number of nitrogens with one attached hydrogen (secondary N) is 1. The molecule has 0 spiro atoms. The van der Waals surface area contributed by atoms with E-state index in [2.05, 4.69) is 19.2 Å². The van der Waals surface area contributed by atoms with Gasteiger partial charge in [-0.3, -0.25) is 4.79 Å². The van der Waals surface area contributed by atoms with Crippen molar-refractivity contribution >= 4 is 5.91 Å². The highest BCUT2D eigenvalue weighted by Crippen LogP contribution is 2.12. The summed E-state index contributed by atoms with van der Waals surface area (Å²) in [6, 6.07) is 7.51. The standard InChI is InChI=1S/C14H22N2O3/c1-10(2)13(8-17)16-7-11-3-5-12(6-4-11)19-9-14(15)18/h3-6,10,13,16-17H,7-9H2,1-2H3,(H2,15,18)/t13-/m1/s1. The van der Waals surface area contributed by atoms with E-state index < -0.39 is 5.91 Å². The van der Waals surface area contributed by atoms with Gasteiger partial charge >= 0.3 is 0 Å². The Kier molecular flexibility index (Phi) is 6.32. The molecule has 0 unspecified atom stereocenters. The highest BCUT2D eigenvalue weighted by Gasteiger charge is 2.10. The fourth-order valence-electron chi connectivity index (χ4n) is 1.62. The Bertz CT molecular complexity index is 390. The number of carbonyl (C=O) groups is 1. The number of aliphatic hydroxyl groups is 1. The number of rotatable bonds is 8. The lowest BCUT2D eigenvalue weighted by Gasteiger charge is -2.20. The van der Waals surface area contributed by atoms with Crippen molar-refractivity contribution in [3.8, 4) is 5.75 Å². The number of amides is 1. The van der Waals surface area contributed by atoms with Crippen LogP contribution in [0.15, 0.2) is 24.3 Å². The average Bonchev–Trinajstić information content (AvgIpc) is 2.38. The van der Waals surface area contributed by atoms with Gasteiger partial charge in [0.05, 0.1) is 6.61 Å². The molecular formula is C14H22N2O3. The van der Waals surface area contributed by atoms with Crippen LogP contribution in [0.25, 0.3) is 0 Å². The summed E-state index contributed by atoms with van der Waals surface area (Å²) >= 11 is 0. The minimum Gasteiger partial charge on any atom is -0.484 e. The lowest BCUT2D eigenvalue weighted by molar-refractivity contribution is -0.119. The molecule has 4 N–H and O–H groups in total. The van der Waals surface area contributed by atoms with Gasteiger partial charge < -0.3 is 20.9 Å². The molecule has 5 nitrogen and oxygen atoms in total. The van der Waals surface area contributed by atoms with Crippen LogP contribution < -0.4 is 15.8 Å². The van der Waals surface area contributed by atoms with Crippen molar-refractivity contribution in [2.24, 2.45) is 11.7 Å². The van der Waals surface area contributed by atoms with Crippen LogP contribution in [0.4, 0.5) is 0 Å². The van der Waals surface area contributed by atoms with Crippen molar-refractivity contribution < 1.29 is 14.6 Å². The Morgan fingerprint density at radius 1 is 1.37 bits per heavy atom. The monoisotopic (exact) mass is 266 g/mol. The van der Waals surface area contributed by atoms with E-state index in [1.165, 1.54) is 0 Å². The molecule has 0 heterocycles. The van der Waals surface area contributed by atoms with Gasteiger partial charge in [-0.25, -0.2) is 0 Å². The summed E-state index contributed by atoms with van der Waals surface area (Å²) in [5, 5.41) is 12.5. The number of primary amides is 1. The molecule has 1 amide bonds. The minimum absolute atomic E-state index is 0.0887. The van der Waals surface area contributed by atoms with Gasteiger partial charge in [0, 0.05) is 12.6 Å². The molecule has 1 rings (SSSR count). The SMILES string of the molecule is CC(C)[C@@H](CO)NCc1ccc(OCC(N)=O)cc1. The predicted molar refractivity (Wildman–Crippen MR) is 73.7 cm³/mol. The Labute approximate surface area is 113 Å². The fraction of sp³-hybridized carbons (Fsp3) is 0.500. The molecule has 0 fully saturated rings. The van der Waals surface area contributed by atoms with Gasteiger partial charge in [0.15, 0.2) is 6.61 Å². The van der Waals surface area contributed by atoms with Crippen LogP contribution in [0.5, 0.6) is 5.75 Å². The first-order chi connectivity index (χ1) is 9.02. The summed E-state index contributed by atoms with van der Waals surface area (Å²) in [4.78, 5) is 10.6. The summed E-state index contributed by atoms with van der Waals surface area (Å²) in [5.74, 6) is 0.502. The van der Waals surface area contributed by atoms with Crippen molar-refractivity contribution in [2.75, 3.05) is 13.2 Å². The Balaban J connectivity index is 2.45. The number of aliphatic hydroxyl groups excluding tert-OH is 1. The first-order valence-electron chi connectivity index (χ1n) is 6.37. The molecule has 1 aromatic rings. The van der Waals surface area contributed by atoms with Crippen LogP contribution in [-0.2, 0) is 11.3 Å². The van der Waals surface area contributed by atoms with Crippen LogP contribution in [-0.4, -0.2) is 30.3 Å². The van der Waals surface area contributed by atoms with E-state index >= 15 is 0 Å². The quantitative estimate of drug-likeness (QED) is 0.645. The van der Waals surface area contributed by atoms with Crippen LogP contribution in [0.1, 0.15) is 19.4 Å². The molecule has 19 heavy (non-hydrogen) atoms. The zero-order valence-corrected chi connectivity index (χ0v) is 11.4. The van der Waals surface area contributed by atoms with E-state index in [4.69, 9.17) is 10.5 Å². The molecule has 0 aliphatic heterocycles. The minimum atomic E-state index is -0.492. The molecule has 0 aliphatic carbocycles. The number of hydrogen-bond acceptors (Lipinski definition) is 4. The fourth-order valence-corrected chi connectivity index (χ4v) is 1.62. The van der Waals surface area contributed by atoms with Crippen molar-refractivity contribution in [3.63, 3.8) is 0 Å². The summed E-state index contributed by atoms with van der Waals surface area (Å²) < 4.78 is 5.17. The summed E-state index contributed by atoms with van der Waals surface area (Å²) in [5.41, 5.74) is 6.09. The molecule has 5 heteroatoms. The van der Waals surface area contributed by atoms with E-state index in [0.717, 1.165) is 5.56 Å². The second kappa shape index (κ2) is 7.76. The highest BCUT2D eigenvalue weighted by molar-refractivity contribution is 5.75. The third-order valence-electron chi connectivity index (χ3n) is 2.87. The number of nitrogens with two attached hydrogens (primary N) is 1. The summed E-state index contributed by atoms with van der Waals surface area (Å²) in [7, 11) is 0.